The number of hydrogen-bond acceptors (Lipinski definition) is 4. The molecule has 21 heavy (non-hydrogen) atoms. The fourth-order valence-electron chi connectivity index (χ4n) is 1.92. The van der Waals surface area contributed by atoms with Crippen LogP contribution >= 0.6 is 11.3 Å². The summed E-state index contributed by atoms with van der Waals surface area (Å²) < 4.78 is 13.0. The highest BCUT2D eigenvalue weighted by molar-refractivity contribution is 7.16. The average Bonchev–Trinajstić information content (AvgIpc) is 2.88. The number of carbonyl (C=O) groups is 1. The molecule has 0 aliphatic rings. The minimum Gasteiger partial charge on any atom is -0.330 e. The standard InChI is InChI=1S/C15H18FN3OS/c1-2-12-14(10-5-7-11(16)8-6-10)19-15(21-12)18-13(20)4-3-9-17/h5-8H,2-4,9,17H2,1H3,(H,18,19,20). The zero-order valence-corrected chi connectivity index (χ0v) is 12.7. The van der Waals surface area contributed by atoms with Crippen molar-refractivity contribution >= 4 is 22.4 Å². The number of aryl methyl sites for hydroxylation is 1. The van der Waals surface area contributed by atoms with E-state index in [2.05, 4.69) is 10.3 Å². The molecule has 1 aromatic heterocycles. The van der Waals surface area contributed by atoms with E-state index < -0.39 is 0 Å². The Kier molecular flexibility index (Phi) is 5.41. The normalized spacial score (nSPS) is 10.6. The van der Waals surface area contributed by atoms with Gasteiger partial charge in [-0.2, -0.15) is 0 Å². The van der Waals surface area contributed by atoms with E-state index in [9.17, 15) is 9.18 Å². The minimum atomic E-state index is -0.276. The van der Waals surface area contributed by atoms with Crippen molar-refractivity contribution < 1.29 is 9.18 Å². The molecular weight excluding hydrogens is 289 g/mol. The Morgan fingerprint density at radius 1 is 1.38 bits per heavy atom. The largest absolute Gasteiger partial charge is 0.330 e. The first-order chi connectivity index (χ1) is 10.1. The number of thiazole rings is 1. The number of benzene rings is 1. The monoisotopic (exact) mass is 307 g/mol. The maximum Gasteiger partial charge on any atom is 0.226 e. The van der Waals surface area contributed by atoms with Gasteiger partial charge in [0.1, 0.15) is 5.82 Å². The number of nitrogens with zero attached hydrogens (tertiary/aromatic N) is 1. The van der Waals surface area contributed by atoms with E-state index >= 15 is 0 Å². The molecule has 0 spiro atoms. The highest BCUT2D eigenvalue weighted by Crippen LogP contribution is 2.31. The number of nitrogens with one attached hydrogen (secondary N) is 1. The summed E-state index contributed by atoms with van der Waals surface area (Å²) in [5.41, 5.74) is 7.04. The number of hydrogen-bond donors (Lipinski definition) is 2. The van der Waals surface area contributed by atoms with Crippen LogP contribution in [0.15, 0.2) is 24.3 Å². The Morgan fingerprint density at radius 3 is 2.71 bits per heavy atom. The third-order valence-electron chi connectivity index (χ3n) is 2.99. The first-order valence-corrected chi connectivity index (χ1v) is 7.71. The van der Waals surface area contributed by atoms with E-state index in [1.54, 1.807) is 12.1 Å². The number of aromatic nitrogens is 1. The molecule has 1 amide bonds. The van der Waals surface area contributed by atoms with Gasteiger partial charge < -0.3 is 11.1 Å². The summed E-state index contributed by atoms with van der Waals surface area (Å²) in [5, 5.41) is 3.37. The maximum atomic E-state index is 13.0. The van der Waals surface area contributed by atoms with Crippen molar-refractivity contribution in [2.75, 3.05) is 11.9 Å². The quantitative estimate of drug-likeness (QED) is 0.861. The molecule has 1 heterocycles. The first kappa shape index (κ1) is 15.6. The van der Waals surface area contributed by atoms with Crippen LogP contribution in [-0.4, -0.2) is 17.4 Å². The van der Waals surface area contributed by atoms with Crippen LogP contribution in [0.3, 0.4) is 0 Å². The van der Waals surface area contributed by atoms with E-state index in [-0.39, 0.29) is 11.7 Å². The van der Waals surface area contributed by atoms with Gasteiger partial charge in [-0.1, -0.05) is 6.92 Å². The molecule has 1 aromatic carbocycles. The van der Waals surface area contributed by atoms with E-state index in [0.29, 0.717) is 24.5 Å². The molecule has 112 valence electrons. The van der Waals surface area contributed by atoms with E-state index in [4.69, 9.17) is 5.73 Å². The Bertz CT molecular complexity index is 610. The molecule has 0 radical (unpaired) electrons. The molecule has 3 N–H and O–H groups in total. The van der Waals surface area contributed by atoms with Gasteiger partial charge >= 0.3 is 0 Å². The number of nitrogens with two attached hydrogens (primary N) is 1. The Labute approximate surface area is 127 Å². The molecule has 0 bridgehead atoms. The van der Waals surface area contributed by atoms with Crippen molar-refractivity contribution in [1.82, 2.24) is 4.98 Å². The van der Waals surface area contributed by atoms with Crippen LogP contribution in [0, 0.1) is 5.82 Å². The molecule has 2 aromatic rings. The van der Waals surface area contributed by atoms with Crippen LogP contribution in [0.2, 0.25) is 0 Å². The predicted molar refractivity (Wildman–Crippen MR) is 83.8 cm³/mol. The SMILES string of the molecule is CCc1sc(NC(=O)CCCN)nc1-c1ccc(F)cc1. The van der Waals surface area contributed by atoms with Gasteiger partial charge in [0.25, 0.3) is 0 Å². The summed E-state index contributed by atoms with van der Waals surface area (Å²) in [6.45, 7) is 2.52. The zero-order valence-electron chi connectivity index (χ0n) is 11.9. The smallest absolute Gasteiger partial charge is 0.226 e. The fraction of sp³-hybridized carbons (Fsp3) is 0.333. The summed E-state index contributed by atoms with van der Waals surface area (Å²) >= 11 is 1.45. The molecule has 2 rings (SSSR count). The molecule has 0 saturated carbocycles. The summed E-state index contributed by atoms with van der Waals surface area (Å²) in [5.74, 6) is -0.357. The molecule has 4 nitrogen and oxygen atoms in total. The second-order valence-corrected chi connectivity index (χ2v) is 5.68. The van der Waals surface area contributed by atoms with Gasteiger partial charge in [0.2, 0.25) is 5.91 Å². The summed E-state index contributed by atoms with van der Waals surface area (Å²) in [4.78, 5) is 17.2. The molecular formula is C15H18FN3OS. The maximum absolute atomic E-state index is 13.0. The van der Waals surface area contributed by atoms with E-state index in [1.807, 2.05) is 6.92 Å². The number of rotatable bonds is 6. The van der Waals surface area contributed by atoms with Crippen molar-refractivity contribution in [3.8, 4) is 11.3 Å². The van der Waals surface area contributed by atoms with Crippen LogP contribution in [0.25, 0.3) is 11.3 Å². The average molecular weight is 307 g/mol. The molecule has 0 atom stereocenters. The van der Waals surface area contributed by atoms with Crippen molar-refractivity contribution in [1.29, 1.82) is 0 Å². The Morgan fingerprint density at radius 2 is 2.10 bits per heavy atom. The van der Waals surface area contributed by atoms with E-state index in [0.717, 1.165) is 22.6 Å². The van der Waals surface area contributed by atoms with Gasteiger partial charge in [-0.25, -0.2) is 9.37 Å². The number of amides is 1. The number of carbonyl (C=O) groups excluding carboxylic acids is 1. The van der Waals surface area contributed by atoms with Crippen molar-refractivity contribution in [2.24, 2.45) is 5.73 Å². The van der Waals surface area contributed by atoms with Gasteiger partial charge in [0, 0.05) is 16.9 Å². The second kappa shape index (κ2) is 7.28. The Balaban J connectivity index is 2.19. The lowest BCUT2D eigenvalue weighted by Gasteiger charge is -2.00. The molecule has 0 aliphatic carbocycles. The topological polar surface area (TPSA) is 68.0 Å². The fourth-order valence-corrected chi connectivity index (χ4v) is 2.86. The highest BCUT2D eigenvalue weighted by Gasteiger charge is 2.13. The summed E-state index contributed by atoms with van der Waals surface area (Å²) in [6, 6.07) is 6.22. The molecule has 0 fully saturated rings. The lowest BCUT2D eigenvalue weighted by molar-refractivity contribution is -0.116. The predicted octanol–water partition coefficient (Wildman–Crippen LogP) is 3.19. The van der Waals surface area contributed by atoms with Crippen LogP contribution < -0.4 is 11.1 Å². The molecule has 6 heteroatoms. The minimum absolute atomic E-state index is 0.0810. The lowest BCUT2D eigenvalue weighted by Crippen LogP contribution is -2.13. The van der Waals surface area contributed by atoms with E-state index in [1.165, 1.54) is 23.5 Å². The number of halogens is 1. The van der Waals surface area contributed by atoms with Gasteiger partial charge in [0.05, 0.1) is 5.69 Å². The highest BCUT2D eigenvalue weighted by atomic mass is 32.1. The van der Waals surface area contributed by atoms with Crippen LogP contribution in [-0.2, 0) is 11.2 Å². The van der Waals surface area contributed by atoms with Crippen LogP contribution in [0.1, 0.15) is 24.6 Å². The molecule has 0 aliphatic heterocycles. The second-order valence-electron chi connectivity index (χ2n) is 4.59. The summed E-state index contributed by atoms with van der Waals surface area (Å²) in [6.07, 6.45) is 1.86. The lowest BCUT2D eigenvalue weighted by atomic mass is 10.1. The van der Waals surface area contributed by atoms with Gasteiger partial charge in [0.15, 0.2) is 5.13 Å². The van der Waals surface area contributed by atoms with Gasteiger partial charge in [-0.3, -0.25) is 4.79 Å². The third kappa shape index (κ3) is 4.09. The Hall–Kier alpha value is -1.79. The van der Waals surface area contributed by atoms with Crippen molar-refractivity contribution in [3.63, 3.8) is 0 Å². The van der Waals surface area contributed by atoms with Crippen LogP contribution in [0.5, 0.6) is 0 Å². The van der Waals surface area contributed by atoms with Crippen molar-refractivity contribution in [3.05, 3.63) is 35.0 Å². The summed E-state index contributed by atoms with van der Waals surface area (Å²) in [7, 11) is 0. The van der Waals surface area contributed by atoms with Crippen molar-refractivity contribution in [2.45, 2.75) is 26.2 Å². The third-order valence-corrected chi connectivity index (χ3v) is 4.11. The number of anilines is 1. The zero-order chi connectivity index (χ0) is 15.2. The molecule has 0 saturated heterocycles. The van der Waals surface area contributed by atoms with Crippen LogP contribution in [0.4, 0.5) is 9.52 Å². The van der Waals surface area contributed by atoms with Gasteiger partial charge in [-0.05, 0) is 43.7 Å². The molecule has 0 unspecified atom stereocenters. The first-order valence-electron chi connectivity index (χ1n) is 6.89. The van der Waals surface area contributed by atoms with Gasteiger partial charge in [-0.15, -0.1) is 11.3 Å².